The third-order valence-corrected chi connectivity index (χ3v) is 4.19. The molecule has 0 aliphatic rings. The molecule has 2 heteroatoms. The fourth-order valence-corrected chi connectivity index (χ4v) is 2.52. The Labute approximate surface area is 50.1 Å². The molecule has 0 unspecified atom stereocenters. The molecule has 0 rings (SSSR count). The molecule has 0 bridgehead atoms. The first-order chi connectivity index (χ1) is 3.27. The van der Waals surface area contributed by atoms with Crippen LogP contribution in [0.1, 0.15) is 6.42 Å². The molecule has 0 radical (unpaired) electrons. The molecule has 0 aliphatic heterocycles. The van der Waals surface area contributed by atoms with Crippen molar-refractivity contribution in [3.8, 4) is 0 Å². The Morgan fingerprint density at radius 2 is 2.00 bits per heavy atom. The Morgan fingerprint density at radius 1 is 1.43 bits per heavy atom. The number of halogens is 1. The molecule has 0 saturated heterocycles. The van der Waals surface area contributed by atoms with Gasteiger partial charge < -0.3 is 0 Å². The standard InChI is InChI=1S/C3H6F.2CH3.Ga/c1-2-3-4;;;/h1-3H2;2*1H3;. The van der Waals surface area contributed by atoms with Gasteiger partial charge in [0.05, 0.1) is 0 Å². The van der Waals surface area contributed by atoms with E-state index in [1.807, 2.05) is 0 Å². The van der Waals surface area contributed by atoms with Crippen LogP contribution in [0.15, 0.2) is 0 Å². The van der Waals surface area contributed by atoms with Gasteiger partial charge in [0, 0.05) is 0 Å². The first-order valence-corrected chi connectivity index (χ1v) is 9.39. The molecule has 0 aromatic rings. The third-order valence-electron chi connectivity index (χ3n) is 0.915. The minimum atomic E-state index is -0.810. The molecule has 0 N–H and O–H groups in total. The summed E-state index contributed by atoms with van der Waals surface area (Å²) in [7, 11) is 0. The molecule has 42 valence electrons. The van der Waals surface area contributed by atoms with Crippen molar-refractivity contribution in [3.05, 3.63) is 0 Å². The van der Waals surface area contributed by atoms with Gasteiger partial charge in [0.1, 0.15) is 0 Å². The summed E-state index contributed by atoms with van der Waals surface area (Å²) in [4.78, 5) is 1.21. The van der Waals surface area contributed by atoms with Crippen molar-refractivity contribution >= 4 is 16.2 Å². The average molecular weight is 161 g/mol. The molecular formula is C5H12FGa. The molecule has 0 saturated carbocycles. The fourth-order valence-electron chi connectivity index (χ4n) is 0.485. The average Bonchev–Trinajstić information content (AvgIpc) is 1.61. The summed E-state index contributed by atoms with van der Waals surface area (Å²) < 4.78 is 11.4. The zero-order chi connectivity index (χ0) is 5.70. The number of rotatable bonds is 3. The Balaban J connectivity index is 2.68. The van der Waals surface area contributed by atoms with E-state index in [0.29, 0.717) is 0 Å². The van der Waals surface area contributed by atoms with Gasteiger partial charge in [-0.1, -0.05) is 0 Å². The van der Waals surface area contributed by atoms with Gasteiger partial charge in [-0.05, 0) is 0 Å². The second-order valence-corrected chi connectivity index (χ2v) is 9.29. The Morgan fingerprint density at radius 3 is 2.14 bits per heavy atom. The van der Waals surface area contributed by atoms with Crippen LogP contribution in [0.2, 0.25) is 15.9 Å². The SMILES string of the molecule is [CH3][Ga]([CH3])[CH2]CCF. The van der Waals surface area contributed by atoms with Gasteiger partial charge in [0.2, 0.25) is 0 Å². The van der Waals surface area contributed by atoms with E-state index < -0.39 is 16.2 Å². The second-order valence-electron chi connectivity index (χ2n) is 2.23. The van der Waals surface area contributed by atoms with Crippen molar-refractivity contribution in [2.24, 2.45) is 0 Å². The first-order valence-electron chi connectivity index (χ1n) is 2.83. The van der Waals surface area contributed by atoms with Gasteiger partial charge in [-0.25, -0.2) is 0 Å². The normalized spacial score (nSPS) is 9.00. The predicted octanol–water partition coefficient (Wildman–Crippen LogP) is 2.10. The quantitative estimate of drug-likeness (QED) is 0.555. The van der Waals surface area contributed by atoms with Crippen LogP contribution in [0.4, 0.5) is 4.39 Å². The number of alkyl halides is 1. The van der Waals surface area contributed by atoms with Crippen LogP contribution in [0.25, 0.3) is 0 Å². The summed E-state index contributed by atoms with van der Waals surface area (Å²) in [6.45, 7) is -0.108. The van der Waals surface area contributed by atoms with Crippen LogP contribution in [-0.2, 0) is 0 Å². The summed E-state index contributed by atoms with van der Waals surface area (Å²) in [5.41, 5.74) is 4.59. The van der Waals surface area contributed by atoms with E-state index >= 15 is 0 Å². The Hall–Kier alpha value is 0.566. The molecule has 0 aliphatic carbocycles. The van der Waals surface area contributed by atoms with Crippen molar-refractivity contribution in [3.63, 3.8) is 0 Å². The summed E-state index contributed by atoms with van der Waals surface area (Å²) in [6, 6.07) is 0. The van der Waals surface area contributed by atoms with Gasteiger partial charge in [-0.15, -0.1) is 0 Å². The van der Waals surface area contributed by atoms with Crippen LogP contribution < -0.4 is 0 Å². The number of hydrogen-bond acceptors (Lipinski definition) is 0. The molecular weight excluding hydrogens is 149 g/mol. The molecule has 0 aromatic carbocycles. The minimum absolute atomic E-state index is 0.108. The first kappa shape index (κ1) is 7.57. The maximum absolute atomic E-state index is 11.4. The van der Waals surface area contributed by atoms with Crippen molar-refractivity contribution in [1.29, 1.82) is 0 Å². The monoisotopic (exact) mass is 160 g/mol. The zero-order valence-corrected chi connectivity index (χ0v) is 7.50. The maximum atomic E-state index is 11.4. The molecule has 0 fully saturated rings. The zero-order valence-electron chi connectivity index (χ0n) is 5.08. The molecule has 0 nitrogen and oxygen atoms in total. The van der Waals surface area contributed by atoms with E-state index in [9.17, 15) is 4.39 Å². The summed E-state index contributed by atoms with van der Waals surface area (Å²) >= 11 is -0.810. The van der Waals surface area contributed by atoms with Gasteiger partial charge in [-0.2, -0.15) is 0 Å². The molecule has 0 atom stereocenters. The van der Waals surface area contributed by atoms with Gasteiger partial charge in [0.15, 0.2) is 0 Å². The van der Waals surface area contributed by atoms with E-state index in [1.165, 1.54) is 4.98 Å². The van der Waals surface area contributed by atoms with Crippen LogP contribution in [-0.4, -0.2) is 22.9 Å². The van der Waals surface area contributed by atoms with E-state index in [0.717, 1.165) is 6.42 Å². The Bertz CT molecular complexity index is 37.1. The topological polar surface area (TPSA) is 0 Å². The summed E-state index contributed by atoms with van der Waals surface area (Å²) in [6.07, 6.45) is 0.817. The molecule has 0 aromatic heterocycles. The second kappa shape index (κ2) is 4.72. The van der Waals surface area contributed by atoms with Crippen molar-refractivity contribution in [1.82, 2.24) is 0 Å². The Kier molecular flexibility index (Phi) is 5.10. The third kappa shape index (κ3) is 6.57. The van der Waals surface area contributed by atoms with E-state index in [-0.39, 0.29) is 6.67 Å². The molecule has 0 heterocycles. The van der Waals surface area contributed by atoms with E-state index in [4.69, 9.17) is 0 Å². The molecule has 7 heavy (non-hydrogen) atoms. The van der Waals surface area contributed by atoms with Gasteiger partial charge in [0.25, 0.3) is 0 Å². The van der Waals surface area contributed by atoms with Gasteiger partial charge in [-0.3, -0.25) is 0 Å². The van der Waals surface area contributed by atoms with Crippen LogP contribution in [0, 0.1) is 0 Å². The molecule has 0 amide bonds. The fraction of sp³-hybridized carbons (Fsp3) is 1.00. The predicted molar refractivity (Wildman–Crippen MR) is 32.9 cm³/mol. The van der Waals surface area contributed by atoms with E-state index in [1.54, 1.807) is 0 Å². The summed E-state index contributed by atoms with van der Waals surface area (Å²) in [5, 5.41) is 0. The van der Waals surface area contributed by atoms with Gasteiger partial charge >= 0.3 is 49.6 Å². The van der Waals surface area contributed by atoms with Crippen molar-refractivity contribution in [2.45, 2.75) is 22.4 Å². The van der Waals surface area contributed by atoms with Crippen molar-refractivity contribution in [2.75, 3.05) is 6.67 Å². The van der Waals surface area contributed by atoms with Crippen molar-refractivity contribution < 1.29 is 4.39 Å². The van der Waals surface area contributed by atoms with Crippen LogP contribution in [0.3, 0.4) is 0 Å². The number of hydrogen-bond donors (Lipinski definition) is 0. The van der Waals surface area contributed by atoms with Crippen LogP contribution >= 0.6 is 0 Å². The van der Waals surface area contributed by atoms with E-state index in [2.05, 4.69) is 11.0 Å². The summed E-state index contributed by atoms with van der Waals surface area (Å²) in [5.74, 6) is 0. The molecule has 0 spiro atoms. The van der Waals surface area contributed by atoms with Crippen LogP contribution in [0.5, 0.6) is 0 Å².